The lowest BCUT2D eigenvalue weighted by Crippen LogP contribution is -2.03. The Balaban J connectivity index is 1.71. The largest absolute Gasteiger partial charge is 0.495 e. The zero-order valence-electron chi connectivity index (χ0n) is 14.0. The summed E-state index contributed by atoms with van der Waals surface area (Å²) in [5.41, 5.74) is 1.74. The zero-order chi connectivity index (χ0) is 19.0. The Morgan fingerprint density at radius 2 is 2.07 bits per heavy atom. The minimum Gasteiger partial charge on any atom is -0.495 e. The topological polar surface area (TPSA) is 64.4 Å². The van der Waals surface area contributed by atoms with Crippen LogP contribution in [0.3, 0.4) is 0 Å². The number of anilines is 2. The Bertz CT molecular complexity index is 1210. The van der Waals surface area contributed by atoms with E-state index < -0.39 is 5.63 Å². The lowest BCUT2D eigenvalue weighted by atomic mass is 10.1. The Labute approximate surface area is 171 Å². The Kier molecular flexibility index (Phi) is 4.90. The van der Waals surface area contributed by atoms with Gasteiger partial charge in [-0.25, -0.2) is 9.78 Å². The van der Waals surface area contributed by atoms with Gasteiger partial charge in [0, 0.05) is 20.3 Å². The number of methoxy groups -OCH3 is 1. The van der Waals surface area contributed by atoms with Gasteiger partial charge in [0.2, 0.25) is 0 Å². The van der Waals surface area contributed by atoms with Gasteiger partial charge in [-0.2, -0.15) is 0 Å². The highest BCUT2D eigenvalue weighted by atomic mass is 79.9. The second-order valence-electron chi connectivity index (χ2n) is 5.64. The van der Waals surface area contributed by atoms with E-state index in [4.69, 9.17) is 20.8 Å². The van der Waals surface area contributed by atoms with Crippen LogP contribution >= 0.6 is 38.9 Å². The molecule has 4 aromatic rings. The first-order chi connectivity index (χ1) is 13.0. The predicted octanol–water partition coefficient (Wildman–Crippen LogP) is 6.08. The fraction of sp³-hybridized carbons (Fsp3) is 0.0526. The van der Waals surface area contributed by atoms with E-state index in [-0.39, 0.29) is 0 Å². The van der Waals surface area contributed by atoms with Crippen LogP contribution in [0.1, 0.15) is 0 Å². The number of benzene rings is 2. The number of aromatic nitrogens is 1. The molecule has 8 heteroatoms. The second-order valence-corrected chi connectivity index (χ2v) is 7.85. The molecule has 0 unspecified atom stereocenters. The number of hydrogen-bond acceptors (Lipinski definition) is 6. The molecule has 0 saturated carbocycles. The van der Waals surface area contributed by atoms with Crippen molar-refractivity contribution in [1.82, 2.24) is 4.98 Å². The van der Waals surface area contributed by atoms with Gasteiger partial charge in [0.05, 0.1) is 24.1 Å². The molecule has 0 aliphatic carbocycles. The van der Waals surface area contributed by atoms with Gasteiger partial charge in [-0.15, -0.1) is 11.3 Å². The van der Waals surface area contributed by atoms with Crippen LogP contribution in [0.5, 0.6) is 5.75 Å². The molecule has 2 aromatic carbocycles. The van der Waals surface area contributed by atoms with E-state index in [2.05, 4.69) is 26.2 Å². The standard InChI is InChI=1S/C19H12BrClN2O3S/c1-25-17-5-3-12(21)8-14(17)22-19-23-15(9-27-19)13-7-10-6-11(20)2-4-16(10)26-18(13)24/h2-9H,1H3,(H,22,23). The maximum Gasteiger partial charge on any atom is 0.345 e. The maximum atomic E-state index is 12.4. The van der Waals surface area contributed by atoms with E-state index in [1.54, 1.807) is 42.8 Å². The Morgan fingerprint density at radius 1 is 1.22 bits per heavy atom. The SMILES string of the molecule is COc1ccc(Cl)cc1Nc1nc(-c2cc3cc(Br)ccc3oc2=O)cs1. The third kappa shape index (κ3) is 3.71. The number of nitrogens with one attached hydrogen (secondary N) is 1. The maximum absolute atomic E-state index is 12.4. The second kappa shape index (κ2) is 7.34. The normalized spacial score (nSPS) is 10.9. The van der Waals surface area contributed by atoms with Crippen LogP contribution in [0, 0.1) is 0 Å². The monoisotopic (exact) mass is 462 g/mol. The van der Waals surface area contributed by atoms with Gasteiger partial charge >= 0.3 is 5.63 Å². The molecule has 0 aliphatic heterocycles. The predicted molar refractivity (Wildman–Crippen MR) is 113 cm³/mol. The van der Waals surface area contributed by atoms with Crippen LogP contribution in [0.4, 0.5) is 10.8 Å². The highest BCUT2D eigenvalue weighted by Crippen LogP contribution is 2.33. The minimum absolute atomic E-state index is 0.406. The van der Waals surface area contributed by atoms with Crippen LogP contribution in [-0.2, 0) is 0 Å². The summed E-state index contributed by atoms with van der Waals surface area (Å²) < 4.78 is 11.6. The molecule has 0 spiro atoms. The molecule has 0 fully saturated rings. The van der Waals surface area contributed by atoms with E-state index in [0.717, 1.165) is 9.86 Å². The highest BCUT2D eigenvalue weighted by molar-refractivity contribution is 9.10. The summed E-state index contributed by atoms with van der Waals surface area (Å²) in [7, 11) is 1.58. The fourth-order valence-electron chi connectivity index (χ4n) is 2.62. The molecule has 0 atom stereocenters. The van der Waals surface area contributed by atoms with Crippen LogP contribution in [0.2, 0.25) is 5.02 Å². The fourth-order valence-corrected chi connectivity index (χ4v) is 3.89. The first-order valence-corrected chi connectivity index (χ1v) is 9.88. The molecule has 136 valence electrons. The molecule has 4 rings (SSSR count). The molecule has 0 aliphatic rings. The number of hydrogen-bond donors (Lipinski definition) is 1. The van der Waals surface area contributed by atoms with Crippen molar-refractivity contribution in [3.8, 4) is 17.0 Å². The summed E-state index contributed by atoms with van der Waals surface area (Å²) in [6.45, 7) is 0. The van der Waals surface area contributed by atoms with Crippen LogP contribution in [0.15, 0.2) is 61.5 Å². The average Bonchev–Trinajstić information content (AvgIpc) is 3.10. The molecule has 0 amide bonds. The third-order valence-corrected chi connectivity index (χ3v) is 5.36. The number of rotatable bonds is 4. The van der Waals surface area contributed by atoms with Crippen LogP contribution < -0.4 is 15.7 Å². The first kappa shape index (κ1) is 18.0. The molecular weight excluding hydrogens is 452 g/mol. The van der Waals surface area contributed by atoms with Gasteiger partial charge in [0.1, 0.15) is 11.3 Å². The molecule has 1 N–H and O–H groups in total. The zero-order valence-corrected chi connectivity index (χ0v) is 17.1. The summed E-state index contributed by atoms with van der Waals surface area (Å²) >= 11 is 10.9. The van der Waals surface area contributed by atoms with Crippen molar-refractivity contribution in [1.29, 1.82) is 0 Å². The van der Waals surface area contributed by atoms with Crippen molar-refractivity contribution >= 4 is 60.7 Å². The number of thiazole rings is 1. The number of fused-ring (bicyclic) bond motifs is 1. The number of ether oxygens (including phenoxy) is 1. The van der Waals surface area contributed by atoms with Crippen LogP contribution in [-0.4, -0.2) is 12.1 Å². The third-order valence-electron chi connectivity index (χ3n) is 3.88. The lowest BCUT2D eigenvalue weighted by molar-refractivity contribution is 0.417. The van der Waals surface area contributed by atoms with E-state index in [1.807, 2.05) is 12.1 Å². The van der Waals surface area contributed by atoms with Gasteiger partial charge in [0.25, 0.3) is 0 Å². The van der Waals surface area contributed by atoms with Gasteiger partial charge in [0.15, 0.2) is 5.13 Å². The van der Waals surface area contributed by atoms with Crippen molar-refractivity contribution < 1.29 is 9.15 Å². The van der Waals surface area contributed by atoms with Crippen molar-refractivity contribution in [3.05, 3.63) is 67.8 Å². The molecule has 0 radical (unpaired) electrons. The minimum atomic E-state index is -0.429. The summed E-state index contributed by atoms with van der Waals surface area (Å²) in [5.74, 6) is 0.645. The van der Waals surface area contributed by atoms with Gasteiger partial charge in [-0.3, -0.25) is 0 Å². The number of halogens is 2. The van der Waals surface area contributed by atoms with E-state index in [9.17, 15) is 4.79 Å². The Hall–Kier alpha value is -2.35. The molecule has 0 saturated heterocycles. The molecule has 2 aromatic heterocycles. The first-order valence-electron chi connectivity index (χ1n) is 7.83. The van der Waals surface area contributed by atoms with Crippen molar-refractivity contribution in [2.75, 3.05) is 12.4 Å². The molecular formula is C19H12BrClN2O3S. The smallest absolute Gasteiger partial charge is 0.345 e. The highest BCUT2D eigenvalue weighted by Gasteiger charge is 2.13. The quantitative estimate of drug-likeness (QED) is 0.371. The molecule has 0 bridgehead atoms. The lowest BCUT2D eigenvalue weighted by Gasteiger charge is -2.09. The van der Waals surface area contributed by atoms with Gasteiger partial charge in [-0.1, -0.05) is 27.5 Å². The number of nitrogens with zero attached hydrogens (tertiary/aromatic N) is 1. The van der Waals surface area contributed by atoms with Gasteiger partial charge < -0.3 is 14.5 Å². The van der Waals surface area contributed by atoms with E-state index >= 15 is 0 Å². The van der Waals surface area contributed by atoms with E-state index in [1.165, 1.54) is 11.3 Å². The summed E-state index contributed by atoms with van der Waals surface area (Å²) in [6.07, 6.45) is 0. The molecule has 27 heavy (non-hydrogen) atoms. The van der Waals surface area contributed by atoms with Gasteiger partial charge in [-0.05, 0) is 42.5 Å². The van der Waals surface area contributed by atoms with Crippen molar-refractivity contribution in [2.24, 2.45) is 0 Å². The summed E-state index contributed by atoms with van der Waals surface area (Å²) in [6, 6.07) is 12.5. The molecule has 2 heterocycles. The van der Waals surface area contributed by atoms with Crippen LogP contribution in [0.25, 0.3) is 22.2 Å². The molecule has 5 nitrogen and oxygen atoms in total. The summed E-state index contributed by atoms with van der Waals surface area (Å²) in [4.78, 5) is 16.9. The summed E-state index contributed by atoms with van der Waals surface area (Å²) in [5, 5.41) is 6.99. The van der Waals surface area contributed by atoms with Crippen molar-refractivity contribution in [2.45, 2.75) is 0 Å². The Morgan fingerprint density at radius 3 is 2.89 bits per heavy atom. The van der Waals surface area contributed by atoms with E-state index in [0.29, 0.717) is 38.4 Å². The average molecular weight is 464 g/mol. The van der Waals surface area contributed by atoms with Crippen molar-refractivity contribution in [3.63, 3.8) is 0 Å².